The fourth-order valence-electron chi connectivity index (χ4n) is 1.56. The zero-order chi connectivity index (χ0) is 9.26. The van der Waals surface area contributed by atoms with E-state index in [4.69, 9.17) is 5.11 Å². The van der Waals surface area contributed by atoms with E-state index in [2.05, 4.69) is 10.3 Å². The van der Waals surface area contributed by atoms with Gasteiger partial charge in [-0.15, -0.1) is 5.10 Å². The molecule has 1 aromatic heterocycles. The van der Waals surface area contributed by atoms with Crippen molar-refractivity contribution in [2.24, 2.45) is 5.92 Å². The molecule has 1 heterocycles. The number of rotatable bonds is 4. The molecule has 0 saturated heterocycles. The van der Waals surface area contributed by atoms with Crippen molar-refractivity contribution in [1.82, 2.24) is 15.0 Å². The van der Waals surface area contributed by atoms with Gasteiger partial charge in [0.05, 0.1) is 12.3 Å². The predicted octanol–water partition coefficient (Wildman–Crippen LogP) is 0.743. The highest BCUT2D eigenvalue weighted by atomic mass is 16.3. The smallest absolute Gasteiger partial charge is 0.111 e. The molecule has 1 fully saturated rings. The van der Waals surface area contributed by atoms with E-state index >= 15 is 0 Å². The molecule has 2 rings (SSSR count). The molecule has 0 unspecified atom stereocenters. The molecule has 0 aliphatic heterocycles. The van der Waals surface area contributed by atoms with Gasteiger partial charge in [0.2, 0.25) is 0 Å². The molecule has 1 N–H and O–H groups in total. The minimum atomic E-state index is 0.0159. The third-order valence-corrected chi connectivity index (χ3v) is 2.55. The standard InChI is InChI=1S/C9H15N3O/c1-2-12-9(5-7-3-4-7)8(6-13)10-11-12/h7,13H,2-6H2,1H3. The van der Waals surface area contributed by atoms with E-state index < -0.39 is 0 Å². The summed E-state index contributed by atoms with van der Waals surface area (Å²) in [6, 6.07) is 0. The van der Waals surface area contributed by atoms with E-state index in [0.29, 0.717) is 0 Å². The van der Waals surface area contributed by atoms with Crippen molar-refractivity contribution < 1.29 is 5.11 Å². The summed E-state index contributed by atoms with van der Waals surface area (Å²) >= 11 is 0. The molecule has 13 heavy (non-hydrogen) atoms. The van der Waals surface area contributed by atoms with Crippen LogP contribution in [0.2, 0.25) is 0 Å². The lowest BCUT2D eigenvalue weighted by Crippen LogP contribution is -2.05. The Morgan fingerprint density at radius 2 is 2.31 bits per heavy atom. The number of aliphatic hydroxyl groups excluding tert-OH is 1. The molecule has 1 aliphatic carbocycles. The molecular weight excluding hydrogens is 166 g/mol. The van der Waals surface area contributed by atoms with Crippen LogP contribution in [0.15, 0.2) is 0 Å². The first kappa shape index (κ1) is 8.69. The summed E-state index contributed by atoms with van der Waals surface area (Å²) in [6.45, 7) is 2.91. The molecule has 1 saturated carbocycles. The van der Waals surface area contributed by atoms with Crippen LogP contribution in [0, 0.1) is 5.92 Å². The number of aliphatic hydroxyl groups is 1. The fraction of sp³-hybridized carbons (Fsp3) is 0.778. The maximum absolute atomic E-state index is 9.04. The molecule has 4 heteroatoms. The number of aromatic nitrogens is 3. The van der Waals surface area contributed by atoms with Crippen LogP contribution < -0.4 is 0 Å². The van der Waals surface area contributed by atoms with Crippen LogP contribution in [0.5, 0.6) is 0 Å². The first-order chi connectivity index (χ1) is 6.35. The molecule has 0 spiro atoms. The van der Waals surface area contributed by atoms with Gasteiger partial charge in [-0.05, 0) is 32.1 Å². The van der Waals surface area contributed by atoms with E-state index in [1.54, 1.807) is 0 Å². The van der Waals surface area contributed by atoms with Crippen LogP contribution in [-0.4, -0.2) is 20.1 Å². The van der Waals surface area contributed by atoms with Crippen molar-refractivity contribution in [3.8, 4) is 0 Å². The Hall–Kier alpha value is -0.900. The summed E-state index contributed by atoms with van der Waals surface area (Å²) in [5.74, 6) is 0.814. The van der Waals surface area contributed by atoms with Crippen LogP contribution >= 0.6 is 0 Å². The van der Waals surface area contributed by atoms with Crippen LogP contribution in [0.3, 0.4) is 0 Å². The second-order valence-corrected chi connectivity index (χ2v) is 3.60. The van der Waals surface area contributed by atoms with Gasteiger partial charge in [0, 0.05) is 6.54 Å². The highest BCUT2D eigenvalue weighted by Gasteiger charge is 2.25. The largest absolute Gasteiger partial charge is 0.390 e. The van der Waals surface area contributed by atoms with Gasteiger partial charge in [-0.25, -0.2) is 4.68 Å². The summed E-state index contributed by atoms with van der Waals surface area (Å²) in [5.41, 5.74) is 1.89. The summed E-state index contributed by atoms with van der Waals surface area (Å²) < 4.78 is 1.89. The normalized spacial score (nSPS) is 16.5. The van der Waals surface area contributed by atoms with E-state index in [9.17, 15) is 0 Å². The van der Waals surface area contributed by atoms with Crippen molar-refractivity contribution in [3.05, 3.63) is 11.4 Å². The summed E-state index contributed by atoms with van der Waals surface area (Å²) in [4.78, 5) is 0. The molecule has 0 bridgehead atoms. The Kier molecular flexibility index (Phi) is 2.31. The first-order valence-electron chi connectivity index (χ1n) is 4.87. The maximum Gasteiger partial charge on any atom is 0.111 e. The Balaban J connectivity index is 2.20. The average Bonchev–Trinajstić information content (AvgIpc) is 2.86. The van der Waals surface area contributed by atoms with Gasteiger partial charge in [-0.2, -0.15) is 0 Å². The summed E-state index contributed by atoms with van der Waals surface area (Å²) in [6.07, 6.45) is 3.68. The van der Waals surface area contributed by atoms with Crippen LogP contribution in [-0.2, 0) is 19.6 Å². The molecular formula is C9H15N3O. The van der Waals surface area contributed by atoms with Gasteiger partial charge in [-0.1, -0.05) is 5.21 Å². The Morgan fingerprint density at radius 1 is 1.54 bits per heavy atom. The number of hydrogen-bond donors (Lipinski definition) is 1. The average molecular weight is 181 g/mol. The second-order valence-electron chi connectivity index (χ2n) is 3.60. The predicted molar refractivity (Wildman–Crippen MR) is 48.0 cm³/mol. The van der Waals surface area contributed by atoms with Crippen molar-refractivity contribution in [2.45, 2.75) is 39.3 Å². The Labute approximate surface area is 77.6 Å². The van der Waals surface area contributed by atoms with Crippen molar-refractivity contribution in [2.75, 3.05) is 0 Å². The van der Waals surface area contributed by atoms with E-state index in [-0.39, 0.29) is 6.61 Å². The molecule has 1 aliphatic rings. The van der Waals surface area contributed by atoms with Crippen molar-refractivity contribution >= 4 is 0 Å². The van der Waals surface area contributed by atoms with Gasteiger partial charge in [-0.3, -0.25) is 0 Å². The lowest BCUT2D eigenvalue weighted by atomic mass is 10.2. The lowest BCUT2D eigenvalue weighted by Gasteiger charge is -2.03. The molecule has 0 amide bonds. The van der Waals surface area contributed by atoms with Crippen LogP contribution in [0.1, 0.15) is 31.2 Å². The molecule has 0 aromatic carbocycles. The van der Waals surface area contributed by atoms with Crippen LogP contribution in [0.25, 0.3) is 0 Å². The van der Waals surface area contributed by atoms with Crippen molar-refractivity contribution in [1.29, 1.82) is 0 Å². The summed E-state index contributed by atoms with van der Waals surface area (Å²) in [7, 11) is 0. The summed E-state index contributed by atoms with van der Waals surface area (Å²) in [5, 5.41) is 17.0. The molecule has 4 nitrogen and oxygen atoms in total. The van der Waals surface area contributed by atoms with Crippen LogP contribution in [0.4, 0.5) is 0 Å². The SMILES string of the molecule is CCn1nnc(CO)c1CC1CC1. The first-order valence-corrected chi connectivity index (χ1v) is 4.87. The highest BCUT2D eigenvalue weighted by Crippen LogP contribution is 2.33. The quantitative estimate of drug-likeness (QED) is 0.745. The molecule has 0 radical (unpaired) electrons. The third kappa shape index (κ3) is 1.72. The minimum absolute atomic E-state index is 0.0159. The van der Waals surface area contributed by atoms with Gasteiger partial charge >= 0.3 is 0 Å². The minimum Gasteiger partial charge on any atom is -0.390 e. The van der Waals surface area contributed by atoms with Gasteiger partial charge < -0.3 is 5.11 Å². The van der Waals surface area contributed by atoms with E-state index in [1.807, 2.05) is 11.6 Å². The Bertz CT molecular complexity index is 270. The van der Waals surface area contributed by atoms with E-state index in [0.717, 1.165) is 30.3 Å². The highest BCUT2D eigenvalue weighted by molar-refractivity contribution is 5.11. The van der Waals surface area contributed by atoms with Gasteiger partial charge in [0.1, 0.15) is 5.69 Å². The zero-order valence-corrected chi connectivity index (χ0v) is 7.90. The number of hydrogen-bond acceptors (Lipinski definition) is 3. The second kappa shape index (κ2) is 3.46. The monoisotopic (exact) mass is 181 g/mol. The molecule has 1 aromatic rings. The fourth-order valence-corrected chi connectivity index (χ4v) is 1.56. The van der Waals surface area contributed by atoms with Gasteiger partial charge in [0.15, 0.2) is 0 Å². The van der Waals surface area contributed by atoms with E-state index in [1.165, 1.54) is 12.8 Å². The molecule has 72 valence electrons. The zero-order valence-electron chi connectivity index (χ0n) is 7.90. The molecule has 0 atom stereocenters. The topological polar surface area (TPSA) is 50.9 Å². The lowest BCUT2D eigenvalue weighted by molar-refractivity contribution is 0.275. The van der Waals surface area contributed by atoms with Gasteiger partial charge in [0.25, 0.3) is 0 Å². The third-order valence-electron chi connectivity index (χ3n) is 2.55. The van der Waals surface area contributed by atoms with Crippen molar-refractivity contribution in [3.63, 3.8) is 0 Å². The number of nitrogens with zero attached hydrogens (tertiary/aromatic N) is 3. The number of aryl methyl sites for hydroxylation is 1. The maximum atomic E-state index is 9.04. The Morgan fingerprint density at radius 3 is 2.85 bits per heavy atom.